The van der Waals surface area contributed by atoms with E-state index in [1.807, 2.05) is 18.3 Å². The van der Waals surface area contributed by atoms with Gasteiger partial charge in [-0.25, -0.2) is 4.39 Å². The summed E-state index contributed by atoms with van der Waals surface area (Å²) in [7, 11) is 1.69. The number of nitrogens with zero attached hydrogens (tertiary/aromatic N) is 2. The molecule has 1 heterocycles. The molecule has 0 fully saturated rings. The first-order chi connectivity index (χ1) is 13.6. The first-order valence-corrected chi connectivity index (χ1v) is 9.58. The zero-order valence-corrected chi connectivity index (χ0v) is 16.6. The van der Waals surface area contributed by atoms with E-state index in [-0.39, 0.29) is 12.4 Å². The fourth-order valence-corrected chi connectivity index (χ4v) is 3.11. The van der Waals surface area contributed by atoms with Crippen LogP contribution in [0.3, 0.4) is 0 Å². The Morgan fingerprint density at radius 1 is 1.32 bits per heavy atom. The minimum Gasteiger partial charge on any atom is -0.389 e. The zero-order valence-electron chi connectivity index (χ0n) is 16.6. The second-order valence-corrected chi connectivity index (χ2v) is 6.82. The lowest BCUT2D eigenvalue weighted by Crippen LogP contribution is -2.36. The molecule has 1 aromatic carbocycles. The highest BCUT2D eigenvalue weighted by molar-refractivity contribution is 5.18. The van der Waals surface area contributed by atoms with Crippen LogP contribution in [-0.4, -0.2) is 60.7 Å². The van der Waals surface area contributed by atoms with Crippen molar-refractivity contribution < 1.29 is 19.0 Å². The zero-order chi connectivity index (χ0) is 20.2. The summed E-state index contributed by atoms with van der Waals surface area (Å²) < 4.78 is 26.1. The highest BCUT2D eigenvalue weighted by Gasteiger charge is 2.14. The smallest absolute Gasteiger partial charge is 0.123 e. The Bertz CT molecular complexity index is 705. The number of aliphatic hydroxyl groups is 1. The molecule has 2 rings (SSSR count). The van der Waals surface area contributed by atoms with Crippen LogP contribution >= 0.6 is 0 Å². The highest BCUT2D eigenvalue weighted by Crippen LogP contribution is 2.12. The second-order valence-electron chi connectivity index (χ2n) is 6.82. The predicted octanol–water partition coefficient (Wildman–Crippen LogP) is 3.08. The van der Waals surface area contributed by atoms with E-state index in [1.165, 1.54) is 6.07 Å². The molecule has 0 aliphatic carbocycles. The normalized spacial score (nSPS) is 12.4. The van der Waals surface area contributed by atoms with Gasteiger partial charge in [-0.05, 0) is 36.2 Å². The minimum absolute atomic E-state index is 0.227. The van der Waals surface area contributed by atoms with Crippen LogP contribution in [0.1, 0.15) is 17.7 Å². The maximum atomic E-state index is 13.5. The summed E-state index contributed by atoms with van der Waals surface area (Å²) in [6.45, 7) is 7.59. The Hall–Kier alpha value is -1.99. The molecule has 0 aliphatic rings. The van der Waals surface area contributed by atoms with E-state index in [4.69, 9.17) is 9.47 Å². The fraction of sp³-hybridized carbons (Fsp3) is 0.455. The van der Waals surface area contributed by atoms with Gasteiger partial charge in [0.1, 0.15) is 5.82 Å². The molecule has 0 amide bonds. The Kier molecular flexibility index (Phi) is 9.93. The molecule has 6 heteroatoms. The largest absolute Gasteiger partial charge is 0.389 e. The molecule has 5 nitrogen and oxygen atoms in total. The molecule has 2 aromatic rings. The van der Waals surface area contributed by atoms with E-state index >= 15 is 0 Å². The molecule has 1 atom stereocenters. The van der Waals surface area contributed by atoms with Gasteiger partial charge in [0.05, 0.1) is 19.3 Å². The summed E-state index contributed by atoms with van der Waals surface area (Å²) in [5, 5.41) is 10.3. The van der Waals surface area contributed by atoms with E-state index in [0.29, 0.717) is 32.8 Å². The summed E-state index contributed by atoms with van der Waals surface area (Å²) in [6, 6.07) is 10.7. The van der Waals surface area contributed by atoms with Crippen LogP contribution in [0.15, 0.2) is 55.3 Å². The van der Waals surface area contributed by atoms with Crippen molar-refractivity contribution in [2.24, 2.45) is 0 Å². The van der Waals surface area contributed by atoms with Crippen LogP contribution in [0.25, 0.3) is 0 Å². The SMILES string of the molecule is C=CCOC[C@@H](O)CN(CCCOC)Cc1cccn1Cc1cccc(F)c1. The monoisotopic (exact) mass is 390 g/mol. The van der Waals surface area contributed by atoms with Gasteiger partial charge >= 0.3 is 0 Å². The number of ether oxygens (including phenoxy) is 2. The van der Waals surface area contributed by atoms with Gasteiger partial charge in [0.25, 0.3) is 0 Å². The third-order valence-electron chi connectivity index (χ3n) is 4.39. The van der Waals surface area contributed by atoms with Gasteiger partial charge in [-0.2, -0.15) is 0 Å². The number of halogens is 1. The van der Waals surface area contributed by atoms with E-state index in [9.17, 15) is 9.50 Å². The van der Waals surface area contributed by atoms with Crippen LogP contribution in [0.4, 0.5) is 4.39 Å². The third kappa shape index (κ3) is 7.94. The lowest BCUT2D eigenvalue weighted by Gasteiger charge is -2.25. The van der Waals surface area contributed by atoms with Crippen LogP contribution < -0.4 is 0 Å². The molecule has 0 saturated heterocycles. The lowest BCUT2D eigenvalue weighted by atomic mass is 10.2. The summed E-state index contributed by atoms with van der Waals surface area (Å²) >= 11 is 0. The van der Waals surface area contributed by atoms with Crippen molar-refractivity contribution in [3.8, 4) is 0 Å². The van der Waals surface area contributed by atoms with Gasteiger partial charge in [0.15, 0.2) is 0 Å². The molecule has 0 saturated carbocycles. The summed E-state index contributed by atoms with van der Waals surface area (Å²) in [5.41, 5.74) is 2.03. The molecule has 0 aliphatic heterocycles. The van der Waals surface area contributed by atoms with Crippen molar-refractivity contribution in [3.63, 3.8) is 0 Å². The van der Waals surface area contributed by atoms with Gasteiger partial charge in [-0.15, -0.1) is 6.58 Å². The standard InChI is InChI=1S/C22H31FN2O3/c1-3-12-28-18-22(26)17-24(10-6-13-27-2)16-21-9-5-11-25(21)15-19-7-4-8-20(23)14-19/h3-5,7-9,11,14,22,26H,1,6,10,12-13,15-18H2,2H3/t22-/m0/s1. The van der Waals surface area contributed by atoms with E-state index < -0.39 is 6.10 Å². The highest BCUT2D eigenvalue weighted by atomic mass is 19.1. The minimum atomic E-state index is -0.575. The average molecular weight is 390 g/mol. The number of methoxy groups -OCH3 is 1. The van der Waals surface area contributed by atoms with E-state index in [1.54, 1.807) is 25.3 Å². The molecule has 28 heavy (non-hydrogen) atoms. The Morgan fingerprint density at radius 3 is 2.93 bits per heavy atom. The maximum Gasteiger partial charge on any atom is 0.123 e. The van der Waals surface area contributed by atoms with Crippen molar-refractivity contribution in [1.82, 2.24) is 9.47 Å². The molecule has 0 radical (unpaired) electrons. The average Bonchev–Trinajstić information content (AvgIpc) is 3.08. The molecule has 0 unspecified atom stereocenters. The van der Waals surface area contributed by atoms with Crippen molar-refractivity contribution in [2.75, 3.05) is 40.0 Å². The topological polar surface area (TPSA) is 46.9 Å². The Labute approximate surface area is 167 Å². The summed E-state index contributed by atoms with van der Waals surface area (Å²) in [6.07, 6.45) is 3.97. The van der Waals surface area contributed by atoms with E-state index in [2.05, 4.69) is 22.1 Å². The van der Waals surface area contributed by atoms with Crippen molar-refractivity contribution in [2.45, 2.75) is 25.6 Å². The van der Waals surface area contributed by atoms with Gasteiger partial charge in [-0.3, -0.25) is 4.90 Å². The van der Waals surface area contributed by atoms with Crippen LogP contribution in [0, 0.1) is 5.82 Å². The fourth-order valence-electron chi connectivity index (χ4n) is 3.11. The molecule has 0 spiro atoms. The third-order valence-corrected chi connectivity index (χ3v) is 4.39. The molecule has 1 aromatic heterocycles. The Balaban J connectivity index is 2.00. The second kappa shape index (κ2) is 12.5. The number of aromatic nitrogens is 1. The van der Waals surface area contributed by atoms with Gasteiger partial charge in [-0.1, -0.05) is 18.2 Å². The Morgan fingerprint density at radius 2 is 2.18 bits per heavy atom. The van der Waals surface area contributed by atoms with Gasteiger partial charge < -0.3 is 19.1 Å². The van der Waals surface area contributed by atoms with Crippen LogP contribution in [0.2, 0.25) is 0 Å². The van der Waals surface area contributed by atoms with Crippen LogP contribution in [-0.2, 0) is 22.6 Å². The molecule has 154 valence electrons. The molecular weight excluding hydrogens is 359 g/mol. The molecule has 1 N–H and O–H groups in total. The first kappa shape index (κ1) is 22.3. The van der Waals surface area contributed by atoms with Crippen molar-refractivity contribution >= 4 is 0 Å². The predicted molar refractivity (Wildman–Crippen MR) is 109 cm³/mol. The number of aliphatic hydroxyl groups excluding tert-OH is 1. The summed E-state index contributed by atoms with van der Waals surface area (Å²) in [4.78, 5) is 2.19. The maximum absolute atomic E-state index is 13.5. The lowest BCUT2D eigenvalue weighted by molar-refractivity contribution is 0.0225. The number of hydrogen-bond acceptors (Lipinski definition) is 4. The first-order valence-electron chi connectivity index (χ1n) is 9.58. The van der Waals surface area contributed by atoms with E-state index in [0.717, 1.165) is 24.2 Å². The van der Waals surface area contributed by atoms with Crippen molar-refractivity contribution in [1.29, 1.82) is 0 Å². The molecular formula is C22H31FN2O3. The van der Waals surface area contributed by atoms with Gasteiger partial charge in [0, 0.05) is 51.8 Å². The van der Waals surface area contributed by atoms with Crippen molar-refractivity contribution in [3.05, 3.63) is 72.3 Å². The van der Waals surface area contributed by atoms with Gasteiger partial charge in [0.2, 0.25) is 0 Å². The quantitative estimate of drug-likeness (QED) is 0.398. The summed E-state index contributed by atoms with van der Waals surface area (Å²) in [5.74, 6) is -0.227. The number of rotatable bonds is 14. The van der Waals surface area contributed by atoms with Crippen LogP contribution in [0.5, 0.6) is 0 Å². The number of benzene rings is 1. The molecule has 0 bridgehead atoms. The number of hydrogen-bond donors (Lipinski definition) is 1.